The highest BCUT2D eigenvalue weighted by Crippen LogP contribution is 2.28. The van der Waals surface area contributed by atoms with E-state index < -0.39 is 0 Å². The van der Waals surface area contributed by atoms with Gasteiger partial charge in [0.1, 0.15) is 0 Å². The molecule has 0 atom stereocenters. The van der Waals surface area contributed by atoms with E-state index in [0.29, 0.717) is 6.04 Å². The molecule has 0 aliphatic heterocycles. The molecule has 5 nitrogen and oxygen atoms in total. The molecule has 0 saturated heterocycles. The number of hydrogen-bond donors (Lipinski definition) is 2. The van der Waals surface area contributed by atoms with Crippen molar-refractivity contribution < 1.29 is 5.11 Å². The van der Waals surface area contributed by atoms with E-state index in [1.165, 1.54) is 10.8 Å². The Labute approximate surface area is 155 Å². The molecule has 2 heterocycles. The lowest BCUT2D eigenvalue weighted by molar-refractivity contribution is 0.126. The van der Waals surface area contributed by atoms with Gasteiger partial charge in [0.05, 0.1) is 18.0 Å². The second-order valence-corrected chi connectivity index (χ2v) is 7.93. The van der Waals surface area contributed by atoms with Crippen LogP contribution in [-0.2, 0) is 0 Å². The monoisotopic (exact) mass is 364 g/mol. The van der Waals surface area contributed by atoms with Gasteiger partial charge >= 0.3 is 0 Å². The Hall–Kier alpha value is -2.44. The van der Waals surface area contributed by atoms with Gasteiger partial charge in [-0.25, -0.2) is 9.50 Å². The Bertz CT molecular complexity index is 1030. The van der Waals surface area contributed by atoms with Gasteiger partial charge in [0.2, 0.25) is 10.1 Å². The predicted molar refractivity (Wildman–Crippen MR) is 106 cm³/mol. The number of imidazole rings is 1. The number of nitrogens with one attached hydrogen (secondary N) is 1. The summed E-state index contributed by atoms with van der Waals surface area (Å²) in [6.45, 7) is 0. The average Bonchev–Trinajstić information content (AvgIpc) is 3.22. The molecule has 5 rings (SSSR count). The highest BCUT2D eigenvalue weighted by atomic mass is 32.1. The summed E-state index contributed by atoms with van der Waals surface area (Å²) in [5.41, 5.74) is 2.05. The van der Waals surface area contributed by atoms with Crippen molar-refractivity contribution in [1.82, 2.24) is 14.6 Å². The minimum atomic E-state index is -0.133. The molecule has 1 fully saturated rings. The minimum Gasteiger partial charge on any atom is -0.393 e. The van der Waals surface area contributed by atoms with Gasteiger partial charge in [0, 0.05) is 11.6 Å². The van der Waals surface area contributed by atoms with Gasteiger partial charge in [-0.05, 0) is 42.5 Å². The van der Waals surface area contributed by atoms with Crippen molar-refractivity contribution in [2.24, 2.45) is 0 Å². The molecule has 0 radical (unpaired) electrons. The van der Waals surface area contributed by atoms with Gasteiger partial charge in [-0.2, -0.15) is 0 Å². The normalized spacial score (nSPS) is 20.7. The van der Waals surface area contributed by atoms with Crippen LogP contribution in [0.15, 0.2) is 48.7 Å². The van der Waals surface area contributed by atoms with E-state index in [1.54, 1.807) is 11.3 Å². The highest BCUT2D eigenvalue weighted by Gasteiger charge is 2.20. The van der Waals surface area contributed by atoms with E-state index in [9.17, 15) is 5.11 Å². The second kappa shape index (κ2) is 6.37. The Morgan fingerprint density at radius 2 is 1.85 bits per heavy atom. The van der Waals surface area contributed by atoms with E-state index in [4.69, 9.17) is 4.98 Å². The number of benzene rings is 2. The fourth-order valence-corrected chi connectivity index (χ4v) is 4.50. The summed E-state index contributed by atoms with van der Waals surface area (Å²) >= 11 is 1.58. The van der Waals surface area contributed by atoms with E-state index in [1.807, 2.05) is 10.7 Å². The third-order valence-corrected chi connectivity index (χ3v) is 5.97. The van der Waals surface area contributed by atoms with Crippen LogP contribution in [0, 0.1) is 0 Å². The maximum Gasteiger partial charge on any atom is 0.214 e. The molecule has 0 bridgehead atoms. The smallest absolute Gasteiger partial charge is 0.214 e. The van der Waals surface area contributed by atoms with E-state index in [0.717, 1.165) is 47.0 Å². The van der Waals surface area contributed by atoms with Gasteiger partial charge in [-0.1, -0.05) is 47.7 Å². The molecule has 132 valence electrons. The Kier molecular flexibility index (Phi) is 3.87. The van der Waals surface area contributed by atoms with Crippen molar-refractivity contribution in [2.75, 3.05) is 5.32 Å². The van der Waals surface area contributed by atoms with Gasteiger partial charge in [-0.15, -0.1) is 5.10 Å². The number of aliphatic hydroxyl groups is 1. The molecule has 2 aromatic carbocycles. The van der Waals surface area contributed by atoms with Crippen molar-refractivity contribution in [2.45, 2.75) is 37.8 Å². The van der Waals surface area contributed by atoms with Crippen LogP contribution in [0.4, 0.5) is 5.13 Å². The van der Waals surface area contributed by atoms with Crippen LogP contribution in [0.5, 0.6) is 0 Å². The van der Waals surface area contributed by atoms with Crippen LogP contribution in [0.3, 0.4) is 0 Å². The predicted octanol–water partition coefficient (Wildman–Crippen LogP) is 4.33. The topological polar surface area (TPSA) is 62.5 Å². The summed E-state index contributed by atoms with van der Waals surface area (Å²) in [6, 6.07) is 15.2. The second-order valence-electron chi connectivity index (χ2n) is 6.97. The van der Waals surface area contributed by atoms with Crippen LogP contribution in [0.2, 0.25) is 0 Å². The average molecular weight is 364 g/mol. The van der Waals surface area contributed by atoms with Crippen molar-refractivity contribution >= 4 is 32.2 Å². The van der Waals surface area contributed by atoms with Gasteiger partial charge < -0.3 is 10.4 Å². The zero-order valence-corrected chi connectivity index (χ0v) is 15.1. The number of nitrogens with zero attached hydrogens (tertiary/aromatic N) is 3. The first-order valence-electron chi connectivity index (χ1n) is 9.04. The number of hydrogen-bond acceptors (Lipinski definition) is 5. The fraction of sp³-hybridized carbons (Fsp3) is 0.300. The summed E-state index contributed by atoms with van der Waals surface area (Å²) in [6.07, 6.45) is 5.58. The highest BCUT2D eigenvalue weighted by molar-refractivity contribution is 7.20. The number of anilines is 1. The van der Waals surface area contributed by atoms with E-state index >= 15 is 0 Å². The molecule has 4 aromatic rings. The molecule has 26 heavy (non-hydrogen) atoms. The van der Waals surface area contributed by atoms with Crippen molar-refractivity contribution in [3.05, 3.63) is 48.7 Å². The third-order valence-electron chi connectivity index (χ3n) is 5.11. The number of rotatable bonds is 3. The quantitative estimate of drug-likeness (QED) is 0.568. The Balaban J connectivity index is 1.39. The first-order valence-corrected chi connectivity index (χ1v) is 9.86. The standard InChI is InChI=1S/C20H20N4OS/c25-17-9-7-16(8-10-17)21-19-23-24-12-18(22-20(24)26-19)15-6-5-13-3-1-2-4-14(13)11-15/h1-6,11-12,16-17,25H,7-10H2,(H,21,23). The van der Waals surface area contributed by atoms with Gasteiger partial charge in [0.15, 0.2) is 0 Å². The molecule has 0 amide bonds. The summed E-state index contributed by atoms with van der Waals surface area (Å²) in [4.78, 5) is 5.65. The van der Waals surface area contributed by atoms with Crippen LogP contribution in [0.1, 0.15) is 25.7 Å². The summed E-state index contributed by atoms with van der Waals surface area (Å²) in [5, 5.41) is 21.1. The number of aliphatic hydroxyl groups excluding tert-OH is 1. The zero-order chi connectivity index (χ0) is 17.5. The molecule has 1 saturated carbocycles. The molecule has 6 heteroatoms. The zero-order valence-electron chi connectivity index (χ0n) is 14.3. The molecule has 1 aliphatic rings. The Morgan fingerprint density at radius 3 is 2.65 bits per heavy atom. The largest absolute Gasteiger partial charge is 0.393 e. The van der Waals surface area contributed by atoms with Crippen molar-refractivity contribution in [3.8, 4) is 11.3 Å². The first kappa shape index (κ1) is 15.8. The first-order chi connectivity index (χ1) is 12.7. The van der Waals surface area contributed by atoms with Crippen LogP contribution < -0.4 is 5.32 Å². The van der Waals surface area contributed by atoms with Crippen molar-refractivity contribution in [1.29, 1.82) is 0 Å². The molecular formula is C20H20N4OS. The fourth-order valence-electron chi connectivity index (χ4n) is 3.64. The number of fused-ring (bicyclic) bond motifs is 2. The summed E-state index contributed by atoms with van der Waals surface area (Å²) in [7, 11) is 0. The Morgan fingerprint density at radius 1 is 1.04 bits per heavy atom. The van der Waals surface area contributed by atoms with Crippen LogP contribution >= 0.6 is 11.3 Å². The molecule has 0 unspecified atom stereocenters. The minimum absolute atomic E-state index is 0.133. The van der Waals surface area contributed by atoms with Gasteiger partial charge in [0.25, 0.3) is 0 Å². The molecule has 1 aliphatic carbocycles. The molecule has 2 aromatic heterocycles. The lowest BCUT2D eigenvalue weighted by atomic mass is 9.93. The summed E-state index contributed by atoms with van der Waals surface area (Å²) < 4.78 is 1.86. The van der Waals surface area contributed by atoms with E-state index in [2.05, 4.69) is 52.9 Å². The van der Waals surface area contributed by atoms with Gasteiger partial charge in [-0.3, -0.25) is 0 Å². The molecular weight excluding hydrogens is 344 g/mol. The number of aromatic nitrogens is 3. The van der Waals surface area contributed by atoms with Crippen LogP contribution in [-0.4, -0.2) is 31.9 Å². The SMILES string of the molecule is OC1CCC(Nc2nn3cc(-c4ccc5ccccc5c4)nc3s2)CC1. The maximum absolute atomic E-state index is 9.62. The summed E-state index contributed by atoms with van der Waals surface area (Å²) in [5.74, 6) is 0. The van der Waals surface area contributed by atoms with E-state index in [-0.39, 0.29) is 6.10 Å². The molecule has 2 N–H and O–H groups in total. The lowest BCUT2D eigenvalue weighted by Crippen LogP contribution is -2.28. The third kappa shape index (κ3) is 2.95. The van der Waals surface area contributed by atoms with Crippen molar-refractivity contribution in [3.63, 3.8) is 0 Å². The lowest BCUT2D eigenvalue weighted by Gasteiger charge is -2.25. The molecule has 0 spiro atoms. The maximum atomic E-state index is 9.62. The van der Waals surface area contributed by atoms with Crippen LogP contribution in [0.25, 0.3) is 27.0 Å².